The van der Waals surface area contributed by atoms with Crippen LogP contribution < -0.4 is 5.49 Å². The van der Waals surface area contributed by atoms with E-state index >= 15 is 0 Å². The summed E-state index contributed by atoms with van der Waals surface area (Å²) >= 11 is 0. The number of aliphatic hydroxyl groups is 2. The molecule has 2 aromatic rings. The topological polar surface area (TPSA) is 157 Å². The SMILES string of the molecule is [2H]c1cc([C@]2(C#N)O[C@H](C([2H])([2H])OC(=O)CC(C)(C)C)[C@@H](O)[C@H]2O)n2[nH]cnc(=N)c12. The first kappa shape index (κ1) is 16.2. The number of carbonyl (C=O) groups is 1. The van der Waals surface area contributed by atoms with Gasteiger partial charge in [-0.15, -0.1) is 0 Å². The molecule has 0 unspecified atom stereocenters. The predicted octanol–water partition coefficient (Wildman–Crippen LogP) is -0.0393. The van der Waals surface area contributed by atoms with Gasteiger partial charge < -0.3 is 19.7 Å². The van der Waals surface area contributed by atoms with Crippen molar-refractivity contribution < 1.29 is 28.6 Å². The lowest BCUT2D eigenvalue weighted by molar-refractivity contribution is -0.152. The number of esters is 1. The number of rotatable bonds is 4. The molecule has 4 N–H and O–H groups in total. The van der Waals surface area contributed by atoms with Gasteiger partial charge in [-0.05, 0) is 17.5 Å². The van der Waals surface area contributed by atoms with E-state index in [2.05, 4.69) is 10.1 Å². The maximum atomic E-state index is 12.1. The average Bonchev–Trinajstić information content (AvgIpc) is 3.10. The zero-order valence-electron chi connectivity index (χ0n) is 18.6. The number of nitrogens with zero attached hydrogens (tertiary/aromatic N) is 3. The maximum Gasteiger partial charge on any atom is 0.306 e. The molecule has 0 amide bonds. The van der Waals surface area contributed by atoms with Crippen molar-refractivity contribution in [2.24, 2.45) is 5.41 Å². The highest BCUT2D eigenvalue weighted by atomic mass is 16.6. The van der Waals surface area contributed by atoms with Gasteiger partial charge >= 0.3 is 5.97 Å². The first-order chi connectivity index (χ1) is 14.2. The van der Waals surface area contributed by atoms with Gasteiger partial charge in [-0.25, -0.2) is 4.98 Å². The fourth-order valence-corrected chi connectivity index (χ4v) is 2.97. The molecular weight excluding hydrogens is 366 g/mol. The van der Waals surface area contributed by atoms with E-state index in [1.165, 1.54) is 0 Å². The van der Waals surface area contributed by atoms with E-state index in [4.69, 9.17) is 19.0 Å². The second kappa shape index (κ2) is 7.01. The molecule has 0 saturated carbocycles. The van der Waals surface area contributed by atoms with Crippen LogP contribution in [0.2, 0.25) is 0 Å². The van der Waals surface area contributed by atoms with Crippen molar-refractivity contribution in [1.29, 1.82) is 10.7 Å². The Labute approximate surface area is 165 Å². The number of ether oxygens (including phenoxy) is 2. The zero-order chi connectivity index (χ0) is 23.4. The molecule has 150 valence electrons. The average molecular weight is 392 g/mol. The molecule has 0 aromatic carbocycles. The Hall–Kier alpha value is -2.74. The number of hydrogen-bond donors (Lipinski definition) is 4. The second-order valence-electron chi connectivity index (χ2n) is 7.74. The lowest BCUT2D eigenvalue weighted by Gasteiger charge is -2.24. The number of nitrogens with one attached hydrogen (secondary N) is 2. The number of hydrogen-bond acceptors (Lipinski definition) is 8. The number of H-pyrrole nitrogens is 1. The molecule has 0 radical (unpaired) electrons. The van der Waals surface area contributed by atoms with Crippen molar-refractivity contribution in [2.45, 2.75) is 51.1 Å². The molecule has 10 heteroatoms. The second-order valence-corrected chi connectivity index (χ2v) is 7.74. The van der Waals surface area contributed by atoms with Gasteiger partial charge in [0.05, 0.1) is 16.2 Å². The van der Waals surface area contributed by atoms with Gasteiger partial charge in [-0.3, -0.25) is 19.8 Å². The van der Waals surface area contributed by atoms with Gasteiger partial charge in [0.25, 0.3) is 0 Å². The number of aliphatic hydroxyl groups excluding tert-OH is 2. The summed E-state index contributed by atoms with van der Waals surface area (Å²) in [5.41, 5.74) is -3.23. The van der Waals surface area contributed by atoms with Gasteiger partial charge in [-0.1, -0.05) is 20.8 Å². The Kier molecular flexibility index (Phi) is 4.07. The molecule has 1 saturated heterocycles. The van der Waals surface area contributed by atoms with Crippen molar-refractivity contribution in [3.8, 4) is 6.07 Å². The molecule has 10 nitrogen and oxygen atoms in total. The van der Waals surface area contributed by atoms with E-state index in [-0.39, 0.29) is 29.2 Å². The van der Waals surface area contributed by atoms with Crippen LogP contribution in [0.3, 0.4) is 0 Å². The van der Waals surface area contributed by atoms with Crippen LogP contribution in [0.15, 0.2) is 18.4 Å². The van der Waals surface area contributed by atoms with Crippen LogP contribution in [0.25, 0.3) is 5.52 Å². The third-order valence-electron chi connectivity index (χ3n) is 4.29. The van der Waals surface area contributed by atoms with E-state index in [0.717, 1.165) is 16.9 Å². The highest BCUT2D eigenvalue weighted by Crippen LogP contribution is 2.40. The fraction of sp³-hybridized carbons (Fsp3) is 0.556. The van der Waals surface area contributed by atoms with Gasteiger partial charge in [0, 0.05) is 0 Å². The van der Waals surface area contributed by atoms with E-state index < -0.39 is 41.9 Å². The summed E-state index contributed by atoms with van der Waals surface area (Å²) in [5.74, 6) is -0.878. The predicted molar refractivity (Wildman–Crippen MR) is 94.6 cm³/mol. The lowest BCUT2D eigenvalue weighted by Crippen LogP contribution is -2.41. The Morgan fingerprint density at radius 2 is 2.36 bits per heavy atom. The summed E-state index contributed by atoms with van der Waals surface area (Å²) in [6, 6.07) is 2.69. The Morgan fingerprint density at radius 3 is 3.00 bits per heavy atom. The number of fused-ring (bicyclic) bond motifs is 1. The minimum absolute atomic E-state index is 0.0134. The van der Waals surface area contributed by atoms with Crippen molar-refractivity contribution in [2.75, 3.05) is 6.56 Å². The zero-order valence-corrected chi connectivity index (χ0v) is 15.6. The van der Waals surface area contributed by atoms with Crippen molar-refractivity contribution in [3.05, 3.63) is 29.6 Å². The molecule has 0 aliphatic carbocycles. The van der Waals surface area contributed by atoms with Crippen LogP contribution in [0.4, 0.5) is 0 Å². The Morgan fingerprint density at radius 1 is 1.64 bits per heavy atom. The molecule has 0 bridgehead atoms. The Bertz CT molecular complexity index is 1120. The quantitative estimate of drug-likeness (QED) is 0.532. The summed E-state index contributed by atoms with van der Waals surface area (Å²) in [6.45, 7) is 2.41. The van der Waals surface area contributed by atoms with Crippen LogP contribution >= 0.6 is 0 Å². The maximum absolute atomic E-state index is 12.1. The monoisotopic (exact) mass is 392 g/mol. The number of nitriles is 1. The molecule has 2 aromatic heterocycles. The first-order valence-corrected chi connectivity index (χ1v) is 8.51. The molecule has 28 heavy (non-hydrogen) atoms. The highest BCUT2D eigenvalue weighted by molar-refractivity contribution is 5.70. The summed E-state index contributed by atoms with van der Waals surface area (Å²) in [5, 5.41) is 41.6. The largest absolute Gasteiger partial charge is 0.463 e. The van der Waals surface area contributed by atoms with E-state index in [0.29, 0.717) is 0 Å². The standard InChI is InChI=1S/C18H23N5O5/c1-17(2,3)6-13(24)27-7-11-14(25)15(26)18(8-19,28-11)12-5-4-10-16(20)21-9-22-23(10)12/h4-5,9,11,14-15,25-26H,6-7H2,1-3H3,(H2,20,21,22)/t11-,14-,15-,18+/m1/s1/i4D,7D2. The van der Waals surface area contributed by atoms with E-state index in [1.807, 2.05) is 0 Å². The van der Waals surface area contributed by atoms with Crippen LogP contribution in [0, 0.1) is 22.2 Å². The van der Waals surface area contributed by atoms with E-state index in [9.17, 15) is 20.3 Å². The van der Waals surface area contributed by atoms with Crippen LogP contribution in [0.1, 0.15) is 37.0 Å². The normalized spacial score (nSPS) is 29.7. The molecule has 1 aliphatic heterocycles. The molecule has 0 spiro atoms. The van der Waals surface area contributed by atoms with Gasteiger partial charge in [0.2, 0.25) is 5.60 Å². The summed E-state index contributed by atoms with van der Waals surface area (Å²) in [4.78, 5) is 15.9. The van der Waals surface area contributed by atoms with Crippen LogP contribution in [-0.2, 0) is 19.9 Å². The van der Waals surface area contributed by atoms with Crippen molar-refractivity contribution in [3.63, 3.8) is 0 Å². The molecule has 3 heterocycles. The summed E-state index contributed by atoms with van der Waals surface area (Å²) < 4.78 is 35.9. The summed E-state index contributed by atoms with van der Waals surface area (Å²) in [6.07, 6.45) is -4.77. The smallest absolute Gasteiger partial charge is 0.306 e. The molecular formula is C18H23N5O5. The minimum Gasteiger partial charge on any atom is -0.463 e. The summed E-state index contributed by atoms with van der Waals surface area (Å²) in [7, 11) is 0. The van der Waals surface area contributed by atoms with Crippen LogP contribution in [-0.4, -0.2) is 55.7 Å². The number of carbonyl (C=O) groups excluding carboxylic acids is 1. The third-order valence-corrected chi connectivity index (χ3v) is 4.29. The number of aromatic nitrogens is 3. The van der Waals surface area contributed by atoms with Gasteiger partial charge in [0.15, 0.2) is 5.49 Å². The van der Waals surface area contributed by atoms with E-state index in [1.54, 1.807) is 26.8 Å². The van der Waals surface area contributed by atoms with Crippen molar-refractivity contribution >= 4 is 11.5 Å². The third kappa shape index (κ3) is 3.40. The lowest BCUT2D eigenvalue weighted by atomic mass is 9.92. The van der Waals surface area contributed by atoms with Crippen LogP contribution in [0.5, 0.6) is 0 Å². The number of aromatic amines is 1. The Balaban J connectivity index is 2.02. The first-order valence-electron chi connectivity index (χ1n) is 10.0. The van der Waals surface area contributed by atoms with Gasteiger partial charge in [0.1, 0.15) is 42.8 Å². The molecule has 1 fully saturated rings. The van der Waals surface area contributed by atoms with Gasteiger partial charge in [-0.2, -0.15) is 5.26 Å². The molecule has 3 rings (SSSR count). The minimum atomic E-state index is -2.87. The fourth-order valence-electron chi connectivity index (χ4n) is 2.97. The highest BCUT2D eigenvalue weighted by Gasteiger charge is 2.57. The molecule has 1 aliphatic rings. The van der Waals surface area contributed by atoms with Crippen molar-refractivity contribution in [1.82, 2.24) is 14.6 Å². The molecule has 4 atom stereocenters.